The van der Waals surface area contributed by atoms with Crippen molar-refractivity contribution in [1.82, 2.24) is 0 Å². The number of primary amides is 1. The van der Waals surface area contributed by atoms with Crippen LogP contribution in [0.2, 0.25) is 0 Å². The Morgan fingerprint density at radius 2 is 1.71 bits per heavy atom. The van der Waals surface area contributed by atoms with Crippen LogP contribution in [0.1, 0.15) is 47.3 Å². The summed E-state index contributed by atoms with van der Waals surface area (Å²) in [6.45, 7) is 3.42. The summed E-state index contributed by atoms with van der Waals surface area (Å²) in [6.07, 6.45) is 0.208. The van der Waals surface area contributed by atoms with Crippen LogP contribution in [-0.4, -0.2) is 58.9 Å². The topological polar surface area (TPSA) is 181 Å². The molecule has 0 aromatic heterocycles. The van der Waals surface area contributed by atoms with E-state index in [2.05, 4.69) is 11.8 Å². The molecule has 6 atom stereocenters. The molecule has 0 saturated heterocycles. The van der Waals surface area contributed by atoms with Crippen LogP contribution in [0.5, 0.6) is 5.75 Å². The Kier molecular flexibility index (Phi) is 6.98. The van der Waals surface area contributed by atoms with E-state index in [-0.39, 0.29) is 24.0 Å². The third-order valence-corrected chi connectivity index (χ3v) is 9.02. The first-order chi connectivity index (χ1) is 19.7. The maximum atomic E-state index is 14.1. The lowest BCUT2D eigenvalue weighted by molar-refractivity contribution is -0.182. The number of nitrogens with zero attached hydrogens (tertiary/aromatic N) is 1. The largest absolute Gasteiger partial charge is 0.506 e. The zero-order chi connectivity index (χ0) is 30.8. The fraction of sp³-hybridized carbons (Fsp3) is 0.406. The number of aliphatic hydroxyl groups is 1. The average molecular weight is 572 g/mol. The van der Waals surface area contributed by atoms with Gasteiger partial charge in [-0.3, -0.25) is 24.0 Å². The summed E-state index contributed by atoms with van der Waals surface area (Å²) < 4.78 is 0. The molecule has 0 bridgehead atoms. The van der Waals surface area contributed by atoms with Crippen LogP contribution in [-0.2, 0) is 25.6 Å². The van der Waals surface area contributed by atoms with Gasteiger partial charge in [-0.15, -0.1) is 0 Å². The molecule has 3 aliphatic rings. The maximum absolute atomic E-state index is 14.1. The van der Waals surface area contributed by atoms with Crippen LogP contribution < -0.4 is 16.4 Å². The predicted octanol–water partition coefficient (Wildman–Crippen LogP) is 1.26. The molecule has 2 aromatic rings. The first-order valence-electron chi connectivity index (χ1n) is 13.8. The van der Waals surface area contributed by atoms with Gasteiger partial charge in [0, 0.05) is 42.9 Å². The molecule has 0 spiro atoms. The Hall–Kier alpha value is -4.49. The number of nitrogen functional groups attached to an aromatic ring is 1. The molecule has 1 amide bonds. The zero-order valence-electron chi connectivity index (χ0n) is 23.8. The van der Waals surface area contributed by atoms with Gasteiger partial charge >= 0.3 is 0 Å². The summed E-state index contributed by atoms with van der Waals surface area (Å²) in [5, 5.41) is 23.1. The number of fused-ring (bicyclic) bond motifs is 3. The number of phenolic OH excluding ortho intramolecular Hbond substituents is 1. The van der Waals surface area contributed by atoms with E-state index in [0.29, 0.717) is 22.5 Å². The summed E-state index contributed by atoms with van der Waals surface area (Å²) in [5.74, 6) is -6.16. The number of nitrogens with two attached hydrogens (primary N) is 2. The van der Waals surface area contributed by atoms with Gasteiger partial charge in [0.05, 0.1) is 17.0 Å². The molecule has 0 heterocycles. The lowest BCUT2D eigenvalue weighted by atomic mass is 9.49. The van der Waals surface area contributed by atoms with Crippen LogP contribution in [0.25, 0.3) is 0 Å². The molecule has 0 radical (unpaired) electrons. The van der Waals surface area contributed by atoms with Crippen LogP contribution in [0.3, 0.4) is 0 Å². The van der Waals surface area contributed by atoms with Gasteiger partial charge in [0.1, 0.15) is 5.75 Å². The van der Waals surface area contributed by atoms with Crippen LogP contribution in [0.15, 0.2) is 30.3 Å². The normalized spacial score (nSPS) is 28.4. The van der Waals surface area contributed by atoms with Gasteiger partial charge in [0.2, 0.25) is 5.91 Å². The minimum atomic E-state index is -2.73. The van der Waals surface area contributed by atoms with Gasteiger partial charge in [-0.2, -0.15) is 0 Å². The predicted molar refractivity (Wildman–Crippen MR) is 153 cm³/mol. The smallest absolute Gasteiger partial charge is 0.235 e. The molecule has 42 heavy (non-hydrogen) atoms. The number of ketones is 4. The van der Waals surface area contributed by atoms with Crippen molar-refractivity contribution in [2.75, 3.05) is 24.7 Å². The standard InChI is InChI=1S/C32H33N3O7/c1-14(2)22-20-12-17-11-19-21(35(3)4)13-16(8-5-15-6-9-18(33)10-7-15)26(36)24(19)28(38)23(17)29(39)32(20,42)30(40)25(27(22)37)31(34)41/h6-7,9-10,13-14,17,20,22-23,25,36,42H,11-12,33H2,1-4H3,(H2,34,41)/t17-,20-,22-,23?,25?,32-/m0/s1. The Labute approximate surface area is 243 Å². The fourth-order valence-electron chi connectivity index (χ4n) is 7.10. The Balaban J connectivity index is 1.64. The van der Waals surface area contributed by atoms with Gasteiger partial charge in [-0.25, -0.2) is 0 Å². The number of benzene rings is 2. The molecule has 2 fully saturated rings. The van der Waals surface area contributed by atoms with Crippen molar-refractivity contribution in [3.63, 3.8) is 0 Å². The van der Waals surface area contributed by atoms with Crippen molar-refractivity contribution in [1.29, 1.82) is 0 Å². The summed E-state index contributed by atoms with van der Waals surface area (Å²) in [5.41, 5.74) is 10.8. The highest BCUT2D eigenvalue weighted by molar-refractivity contribution is 6.32. The number of Topliss-reactive ketones (excluding diaryl/α,β-unsaturated/α-hetero) is 4. The molecular formula is C32H33N3O7. The Bertz CT molecular complexity index is 1620. The van der Waals surface area contributed by atoms with Gasteiger partial charge in [-0.05, 0) is 60.6 Å². The van der Waals surface area contributed by atoms with E-state index < -0.39 is 75.9 Å². The minimum absolute atomic E-state index is 0.0240. The maximum Gasteiger partial charge on any atom is 0.235 e. The lowest BCUT2D eigenvalue weighted by Crippen LogP contribution is -2.71. The number of phenols is 1. The first-order valence-corrected chi connectivity index (χ1v) is 13.8. The van der Waals surface area contributed by atoms with Gasteiger partial charge in [-0.1, -0.05) is 25.7 Å². The third kappa shape index (κ3) is 4.19. The van der Waals surface area contributed by atoms with Crippen molar-refractivity contribution >= 4 is 40.4 Å². The number of rotatable bonds is 3. The molecule has 2 aromatic carbocycles. The number of carbonyl (C=O) groups is 5. The minimum Gasteiger partial charge on any atom is -0.506 e. The molecule has 0 aliphatic heterocycles. The second-order valence-electron chi connectivity index (χ2n) is 12.1. The summed E-state index contributed by atoms with van der Waals surface area (Å²) in [7, 11) is 3.56. The van der Waals surface area contributed by atoms with Crippen molar-refractivity contribution in [2.24, 2.45) is 41.2 Å². The molecule has 2 saturated carbocycles. The second kappa shape index (κ2) is 10.1. The number of hydrogen-bond donors (Lipinski definition) is 4. The monoisotopic (exact) mass is 571 g/mol. The lowest BCUT2D eigenvalue weighted by Gasteiger charge is -2.52. The summed E-state index contributed by atoms with van der Waals surface area (Å²) >= 11 is 0. The number of anilines is 2. The van der Waals surface area contributed by atoms with Crippen molar-refractivity contribution in [3.8, 4) is 17.6 Å². The zero-order valence-corrected chi connectivity index (χ0v) is 23.8. The third-order valence-electron chi connectivity index (χ3n) is 9.02. The fourth-order valence-corrected chi connectivity index (χ4v) is 7.10. The van der Waals surface area contributed by atoms with Crippen molar-refractivity contribution < 1.29 is 34.2 Å². The molecule has 5 rings (SSSR count). The molecule has 10 nitrogen and oxygen atoms in total. The number of aromatic hydroxyl groups is 1. The van der Waals surface area contributed by atoms with E-state index in [0.717, 1.165) is 0 Å². The van der Waals surface area contributed by atoms with Crippen LogP contribution in [0.4, 0.5) is 11.4 Å². The summed E-state index contributed by atoms with van der Waals surface area (Å²) in [6, 6.07) is 8.48. The van der Waals surface area contributed by atoms with Gasteiger partial charge in [0.25, 0.3) is 0 Å². The molecule has 2 unspecified atom stereocenters. The number of hydrogen-bond acceptors (Lipinski definition) is 9. The molecule has 218 valence electrons. The molecule has 10 heteroatoms. The molecular weight excluding hydrogens is 538 g/mol. The second-order valence-corrected chi connectivity index (χ2v) is 12.1. The van der Waals surface area contributed by atoms with E-state index in [1.807, 2.05) is 0 Å². The van der Waals surface area contributed by atoms with E-state index in [9.17, 15) is 34.2 Å². The van der Waals surface area contributed by atoms with Gasteiger partial charge < -0.3 is 26.6 Å². The first kappa shape index (κ1) is 29.0. The highest BCUT2D eigenvalue weighted by Crippen LogP contribution is 2.54. The van der Waals surface area contributed by atoms with Crippen LogP contribution >= 0.6 is 0 Å². The Morgan fingerprint density at radius 3 is 2.29 bits per heavy atom. The Morgan fingerprint density at radius 1 is 1.07 bits per heavy atom. The van der Waals surface area contributed by atoms with E-state index in [4.69, 9.17) is 11.5 Å². The van der Waals surface area contributed by atoms with E-state index in [1.165, 1.54) is 0 Å². The highest BCUT2D eigenvalue weighted by atomic mass is 16.3. The molecule has 3 aliphatic carbocycles. The quantitative estimate of drug-likeness (QED) is 0.239. The SMILES string of the molecule is CC(C)[C@@H]1C(=O)C(C(N)=O)C(=O)[C@@]2(O)C(=O)C3C(=O)c4c(O)c(C#Cc5ccc(N)cc5)cc(N(C)C)c4C[C@H]3C[C@@H]12. The average Bonchev–Trinajstić information content (AvgIpc) is 2.90. The number of carbonyl (C=O) groups excluding carboxylic acids is 5. The van der Waals surface area contributed by atoms with Crippen LogP contribution in [0, 0.1) is 47.3 Å². The van der Waals surface area contributed by atoms with Crippen molar-refractivity contribution in [2.45, 2.75) is 32.3 Å². The van der Waals surface area contributed by atoms with E-state index >= 15 is 0 Å². The number of amides is 1. The summed E-state index contributed by atoms with van der Waals surface area (Å²) in [4.78, 5) is 68.9. The van der Waals surface area contributed by atoms with E-state index in [1.54, 1.807) is 63.2 Å². The molecule has 6 N–H and O–H groups in total. The van der Waals surface area contributed by atoms with Crippen molar-refractivity contribution in [3.05, 3.63) is 52.6 Å². The highest BCUT2D eigenvalue weighted by Gasteiger charge is 2.69. The van der Waals surface area contributed by atoms with Gasteiger partial charge in [0.15, 0.2) is 34.7 Å².